The number of rotatable bonds is 5. The summed E-state index contributed by atoms with van der Waals surface area (Å²) in [4.78, 5) is 14.7. The Morgan fingerprint density at radius 3 is 2.62 bits per heavy atom. The van der Waals surface area contributed by atoms with Crippen LogP contribution in [0.2, 0.25) is 0 Å². The first-order valence-electron chi connectivity index (χ1n) is 9.67. The van der Waals surface area contributed by atoms with E-state index in [1.807, 2.05) is 6.07 Å². The monoisotopic (exact) mass is 329 g/mol. The molecular formula is C20H31N3O. The zero-order valence-electron chi connectivity index (χ0n) is 14.7. The summed E-state index contributed by atoms with van der Waals surface area (Å²) < 4.78 is 0. The summed E-state index contributed by atoms with van der Waals surface area (Å²) in [5.41, 5.74) is 2.18. The van der Waals surface area contributed by atoms with Crippen molar-refractivity contribution < 1.29 is 4.79 Å². The first-order chi connectivity index (χ1) is 11.8. The van der Waals surface area contributed by atoms with Gasteiger partial charge in [-0.15, -0.1) is 0 Å². The van der Waals surface area contributed by atoms with Crippen LogP contribution in [0.3, 0.4) is 0 Å². The van der Waals surface area contributed by atoms with Gasteiger partial charge in [-0.3, -0.25) is 4.79 Å². The number of carbonyl (C=O) groups is 1. The molecule has 0 saturated carbocycles. The van der Waals surface area contributed by atoms with Gasteiger partial charge in [0.05, 0.1) is 0 Å². The highest BCUT2D eigenvalue weighted by Crippen LogP contribution is 2.23. The lowest BCUT2D eigenvalue weighted by Crippen LogP contribution is -2.28. The van der Waals surface area contributed by atoms with Gasteiger partial charge in [-0.2, -0.15) is 0 Å². The third kappa shape index (κ3) is 5.23. The van der Waals surface area contributed by atoms with Gasteiger partial charge in [0.25, 0.3) is 0 Å². The topological polar surface area (TPSA) is 44.4 Å². The van der Waals surface area contributed by atoms with E-state index in [2.05, 4.69) is 33.7 Å². The van der Waals surface area contributed by atoms with Crippen LogP contribution in [0.5, 0.6) is 0 Å². The van der Waals surface area contributed by atoms with E-state index >= 15 is 0 Å². The van der Waals surface area contributed by atoms with Gasteiger partial charge in [-0.25, -0.2) is 0 Å². The van der Waals surface area contributed by atoms with Gasteiger partial charge >= 0.3 is 0 Å². The number of anilines is 2. The Kier molecular flexibility index (Phi) is 6.53. The van der Waals surface area contributed by atoms with E-state index in [4.69, 9.17) is 0 Å². The molecule has 24 heavy (non-hydrogen) atoms. The lowest BCUT2D eigenvalue weighted by molar-refractivity contribution is -0.116. The minimum atomic E-state index is 0.154. The van der Waals surface area contributed by atoms with Crippen molar-refractivity contribution in [2.24, 2.45) is 5.92 Å². The largest absolute Gasteiger partial charge is 0.371 e. The number of carbonyl (C=O) groups excluding carboxylic acids is 1. The van der Waals surface area contributed by atoms with Crippen molar-refractivity contribution in [1.82, 2.24) is 5.32 Å². The molecule has 4 nitrogen and oxygen atoms in total. The maximum atomic E-state index is 12.3. The molecule has 2 aliphatic rings. The fourth-order valence-corrected chi connectivity index (χ4v) is 3.84. The minimum absolute atomic E-state index is 0.154. The second-order valence-corrected chi connectivity index (χ2v) is 7.23. The molecular weight excluding hydrogens is 298 g/mol. The van der Waals surface area contributed by atoms with Crippen LogP contribution in [0, 0.1) is 5.92 Å². The van der Waals surface area contributed by atoms with Crippen LogP contribution in [-0.2, 0) is 4.79 Å². The summed E-state index contributed by atoms with van der Waals surface area (Å²) in [5, 5.41) is 6.47. The van der Waals surface area contributed by atoms with Crippen molar-refractivity contribution in [3.8, 4) is 0 Å². The molecule has 0 bridgehead atoms. The van der Waals surface area contributed by atoms with Crippen molar-refractivity contribution in [2.75, 3.05) is 36.4 Å². The van der Waals surface area contributed by atoms with Crippen LogP contribution in [0.25, 0.3) is 0 Å². The molecule has 0 aliphatic carbocycles. The van der Waals surface area contributed by atoms with Gasteiger partial charge in [-0.05, 0) is 69.3 Å². The van der Waals surface area contributed by atoms with Crippen molar-refractivity contribution in [3.05, 3.63) is 24.3 Å². The number of benzene rings is 1. The molecule has 1 aromatic carbocycles. The molecule has 2 N–H and O–H groups in total. The van der Waals surface area contributed by atoms with E-state index in [0.717, 1.165) is 38.3 Å². The molecule has 3 rings (SSSR count). The molecule has 0 radical (unpaired) electrons. The highest BCUT2D eigenvalue weighted by atomic mass is 16.1. The van der Waals surface area contributed by atoms with Gasteiger partial charge in [0, 0.05) is 30.9 Å². The van der Waals surface area contributed by atoms with Gasteiger partial charge in [-0.1, -0.05) is 18.9 Å². The molecule has 0 aromatic heterocycles. The summed E-state index contributed by atoms with van der Waals surface area (Å²) in [6.45, 7) is 4.47. The fraction of sp³-hybridized carbons (Fsp3) is 0.650. The lowest BCUT2D eigenvalue weighted by Gasteiger charge is -2.23. The summed E-state index contributed by atoms with van der Waals surface area (Å²) >= 11 is 0. The average molecular weight is 329 g/mol. The Labute approximate surface area is 146 Å². The second kappa shape index (κ2) is 9.07. The molecule has 2 saturated heterocycles. The number of hydrogen-bond donors (Lipinski definition) is 2. The first kappa shape index (κ1) is 17.3. The van der Waals surface area contributed by atoms with Crippen LogP contribution in [-0.4, -0.2) is 32.1 Å². The molecule has 0 unspecified atom stereocenters. The predicted molar refractivity (Wildman–Crippen MR) is 101 cm³/mol. The lowest BCUT2D eigenvalue weighted by atomic mass is 9.93. The maximum absolute atomic E-state index is 12.3. The number of nitrogens with one attached hydrogen (secondary N) is 2. The van der Waals surface area contributed by atoms with Crippen LogP contribution < -0.4 is 15.5 Å². The Morgan fingerprint density at radius 2 is 1.88 bits per heavy atom. The number of hydrogen-bond acceptors (Lipinski definition) is 3. The van der Waals surface area contributed by atoms with E-state index in [1.165, 1.54) is 44.2 Å². The smallest absolute Gasteiger partial charge is 0.224 e. The third-order valence-corrected chi connectivity index (χ3v) is 5.34. The van der Waals surface area contributed by atoms with Crippen LogP contribution >= 0.6 is 0 Å². The Morgan fingerprint density at radius 1 is 1.12 bits per heavy atom. The van der Waals surface area contributed by atoms with Crippen molar-refractivity contribution in [2.45, 2.75) is 51.4 Å². The van der Waals surface area contributed by atoms with Crippen LogP contribution in [0.15, 0.2) is 24.3 Å². The summed E-state index contributed by atoms with van der Waals surface area (Å²) in [6, 6.07) is 8.36. The number of amides is 1. The summed E-state index contributed by atoms with van der Waals surface area (Å²) in [6.07, 6.45) is 9.28. The van der Waals surface area contributed by atoms with Crippen molar-refractivity contribution >= 4 is 17.3 Å². The van der Waals surface area contributed by atoms with E-state index < -0.39 is 0 Å². The van der Waals surface area contributed by atoms with Gasteiger partial charge in [0.1, 0.15) is 0 Å². The number of nitrogens with zero attached hydrogens (tertiary/aromatic N) is 1. The quantitative estimate of drug-likeness (QED) is 0.864. The average Bonchev–Trinajstić information content (AvgIpc) is 2.91. The molecule has 4 heteroatoms. The zero-order valence-corrected chi connectivity index (χ0v) is 14.7. The Balaban J connectivity index is 1.50. The molecule has 2 heterocycles. The number of piperidine rings is 1. The maximum Gasteiger partial charge on any atom is 0.224 e. The van der Waals surface area contributed by atoms with Gasteiger partial charge < -0.3 is 15.5 Å². The van der Waals surface area contributed by atoms with Crippen molar-refractivity contribution in [3.63, 3.8) is 0 Å². The second-order valence-electron chi connectivity index (χ2n) is 7.23. The van der Waals surface area contributed by atoms with E-state index in [0.29, 0.717) is 12.3 Å². The Bertz CT molecular complexity index is 517. The SMILES string of the molecule is O=C(CCC1CCNCC1)Nc1cccc(N2CCCCCC2)c1. The summed E-state index contributed by atoms with van der Waals surface area (Å²) in [7, 11) is 0. The summed E-state index contributed by atoms with van der Waals surface area (Å²) in [5.74, 6) is 0.863. The van der Waals surface area contributed by atoms with Gasteiger partial charge in [0.2, 0.25) is 5.91 Å². The fourth-order valence-electron chi connectivity index (χ4n) is 3.84. The highest BCUT2D eigenvalue weighted by Gasteiger charge is 2.15. The molecule has 0 spiro atoms. The minimum Gasteiger partial charge on any atom is -0.371 e. The van der Waals surface area contributed by atoms with E-state index in [1.54, 1.807) is 0 Å². The predicted octanol–water partition coefficient (Wildman–Crippen LogP) is 3.79. The Hall–Kier alpha value is -1.55. The van der Waals surface area contributed by atoms with Crippen LogP contribution in [0.4, 0.5) is 11.4 Å². The zero-order chi connectivity index (χ0) is 16.6. The standard InChI is InChI=1S/C20H31N3O/c24-20(9-8-17-10-12-21-13-11-17)22-18-6-5-7-19(16-18)23-14-3-1-2-4-15-23/h5-7,16-17,21H,1-4,8-15H2,(H,22,24). The molecule has 2 fully saturated rings. The van der Waals surface area contributed by atoms with E-state index in [9.17, 15) is 4.79 Å². The molecule has 132 valence electrons. The van der Waals surface area contributed by atoms with E-state index in [-0.39, 0.29) is 5.91 Å². The molecule has 1 aromatic rings. The molecule has 0 atom stereocenters. The first-order valence-corrected chi connectivity index (χ1v) is 9.67. The van der Waals surface area contributed by atoms with Crippen LogP contribution in [0.1, 0.15) is 51.4 Å². The third-order valence-electron chi connectivity index (χ3n) is 5.34. The molecule has 1 amide bonds. The van der Waals surface area contributed by atoms with Gasteiger partial charge in [0.15, 0.2) is 0 Å². The molecule has 2 aliphatic heterocycles. The normalized spacial score (nSPS) is 19.8. The van der Waals surface area contributed by atoms with Crippen molar-refractivity contribution in [1.29, 1.82) is 0 Å². The highest BCUT2D eigenvalue weighted by molar-refractivity contribution is 5.91.